The van der Waals surface area contributed by atoms with Gasteiger partial charge in [0.25, 0.3) is 5.91 Å². The summed E-state index contributed by atoms with van der Waals surface area (Å²) in [5, 5.41) is 2.83. The van der Waals surface area contributed by atoms with E-state index in [-0.39, 0.29) is 10.9 Å². The molecule has 0 aromatic heterocycles. The second-order valence-corrected chi connectivity index (χ2v) is 5.43. The van der Waals surface area contributed by atoms with Gasteiger partial charge in [0.15, 0.2) is 0 Å². The van der Waals surface area contributed by atoms with Gasteiger partial charge in [0, 0.05) is 4.90 Å². The molecule has 5 heteroatoms. The van der Waals surface area contributed by atoms with Crippen LogP contribution < -0.4 is 11.1 Å². The van der Waals surface area contributed by atoms with Crippen molar-refractivity contribution in [3.8, 4) is 0 Å². The Kier molecular flexibility index (Phi) is 4.54. The first kappa shape index (κ1) is 14.0. The van der Waals surface area contributed by atoms with Gasteiger partial charge in [-0.2, -0.15) is 0 Å². The third-order valence-electron chi connectivity index (χ3n) is 2.39. The zero-order valence-electron chi connectivity index (χ0n) is 10.1. The number of benzene rings is 1. The van der Waals surface area contributed by atoms with Crippen molar-refractivity contribution in [2.75, 3.05) is 6.26 Å². The number of nitrogens with one attached hydrogen (secondary N) is 1. The third-order valence-corrected chi connectivity index (χ3v) is 3.70. The van der Waals surface area contributed by atoms with Crippen LogP contribution in [0.3, 0.4) is 0 Å². The largest absolute Gasteiger partial charge is 0.391 e. The summed E-state index contributed by atoms with van der Waals surface area (Å²) < 4.78 is 0. The second-order valence-electron chi connectivity index (χ2n) is 4.14. The highest BCUT2D eigenvalue weighted by molar-refractivity contribution is 7.98. The Balaban J connectivity index is 2.94. The van der Waals surface area contributed by atoms with Crippen LogP contribution in [-0.2, 0) is 0 Å². The van der Waals surface area contributed by atoms with Crippen LogP contribution in [0, 0.1) is 0 Å². The smallest absolute Gasteiger partial charge is 0.253 e. The van der Waals surface area contributed by atoms with Crippen molar-refractivity contribution in [2.24, 2.45) is 5.73 Å². The quantitative estimate of drug-likeness (QED) is 0.649. The highest BCUT2D eigenvalue weighted by Gasteiger charge is 2.24. The van der Waals surface area contributed by atoms with E-state index in [9.17, 15) is 4.79 Å². The molecule has 0 aliphatic rings. The lowest BCUT2D eigenvalue weighted by molar-refractivity contribution is 0.0929. The maximum Gasteiger partial charge on any atom is 0.253 e. The first-order valence-corrected chi connectivity index (χ1v) is 6.77. The first-order valence-electron chi connectivity index (χ1n) is 5.14. The van der Waals surface area contributed by atoms with Gasteiger partial charge in [-0.3, -0.25) is 4.79 Å². The fraction of sp³-hybridized carbons (Fsp3) is 0.333. The average Bonchev–Trinajstić information content (AvgIpc) is 2.28. The van der Waals surface area contributed by atoms with Crippen LogP contribution in [0.5, 0.6) is 0 Å². The van der Waals surface area contributed by atoms with E-state index in [4.69, 9.17) is 18.0 Å². The maximum atomic E-state index is 12.1. The molecule has 3 nitrogen and oxygen atoms in total. The lowest BCUT2D eigenvalue weighted by atomic mass is 10.0. The predicted molar refractivity (Wildman–Crippen MR) is 76.6 cm³/mol. The number of thiocarbonyl (C=S) groups is 1. The molecule has 17 heavy (non-hydrogen) atoms. The molecule has 0 radical (unpaired) electrons. The minimum Gasteiger partial charge on any atom is -0.391 e. The molecule has 0 saturated carbocycles. The molecule has 0 bridgehead atoms. The Morgan fingerprint density at radius 2 is 2.00 bits per heavy atom. The number of carbonyl (C=O) groups excluding carboxylic acids is 1. The van der Waals surface area contributed by atoms with E-state index in [1.54, 1.807) is 19.9 Å². The van der Waals surface area contributed by atoms with Crippen LogP contribution in [0.25, 0.3) is 0 Å². The van der Waals surface area contributed by atoms with Gasteiger partial charge in [0.05, 0.1) is 16.1 Å². The SMILES string of the molecule is CSc1ccccc1C(=O)NC(C)(C)C(N)=S. The molecule has 0 unspecified atom stereocenters. The Labute approximate surface area is 111 Å². The van der Waals surface area contributed by atoms with Crippen molar-refractivity contribution in [1.29, 1.82) is 0 Å². The number of rotatable bonds is 4. The summed E-state index contributed by atoms with van der Waals surface area (Å²) in [5.41, 5.74) is 5.54. The van der Waals surface area contributed by atoms with E-state index in [1.165, 1.54) is 11.8 Å². The summed E-state index contributed by atoms with van der Waals surface area (Å²) in [7, 11) is 0. The fourth-order valence-electron chi connectivity index (χ4n) is 1.24. The predicted octanol–water partition coefficient (Wildman–Crippen LogP) is 2.20. The van der Waals surface area contributed by atoms with E-state index in [0.29, 0.717) is 5.56 Å². The molecule has 1 amide bonds. The van der Waals surface area contributed by atoms with Gasteiger partial charge >= 0.3 is 0 Å². The van der Waals surface area contributed by atoms with E-state index < -0.39 is 5.54 Å². The van der Waals surface area contributed by atoms with Gasteiger partial charge in [0.2, 0.25) is 0 Å². The molecule has 0 atom stereocenters. The van der Waals surface area contributed by atoms with Crippen LogP contribution >= 0.6 is 24.0 Å². The first-order chi connectivity index (χ1) is 7.88. The van der Waals surface area contributed by atoms with Gasteiger partial charge in [-0.25, -0.2) is 0 Å². The van der Waals surface area contributed by atoms with Crippen molar-refractivity contribution in [2.45, 2.75) is 24.3 Å². The van der Waals surface area contributed by atoms with Crippen molar-refractivity contribution in [1.82, 2.24) is 5.32 Å². The molecule has 0 fully saturated rings. The number of hydrogen-bond donors (Lipinski definition) is 2. The van der Waals surface area contributed by atoms with Gasteiger partial charge in [-0.05, 0) is 32.2 Å². The third kappa shape index (κ3) is 3.44. The molecular formula is C12H16N2OS2. The molecule has 0 saturated heterocycles. The Morgan fingerprint density at radius 3 is 2.53 bits per heavy atom. The molecule has 3 N–H and O–H groups in total. The van der Waals surface area contributed by atoms with Crippen LogP contribution in [0.1, 0.15) is 24.2 Å². The van der Waals surface area contributed by atoms with Crippen LogP contribution in [0.2, 0.25) is 0 Å². The minimum atomic E-state index is -0.683. The molecular weight excluding hydrogens is 252 g/mol. The number of nitrogens with two attached hydrogens (primary N) is 1. The van der Waals surface area contributed by atoms with E-state index in [2.05, 4.69) is 5.32 Å². The summed E-state index contributed by atoms with van der Waals surface area (Å²) in [5.74, 6) is -0.159. The Morgan fingerprint density at radius 1 is 1.41 bits per heavy atom. The van der Waals surface area contributed by atoms with E-state index in [1.807, 2.05) is 24.5 Å². The zero-order chi connectivity index (χ0) is 13.1. The topological polar surface area (TPSA) is 55.1 Å². The van der Waals surface area contributed by atoms with Crippen LogP contribution in [0.15, 0.2) is 29.2 Å². The monoisotopic (exact) mass is 268 g/mol. The highest BCUT2D eigenvalue weighted by Crippen LogP contribution is 2.20. The molecule has 0 aliphatic carbocycles. The van der Waals surface area contributed by atoms with Crippen molar-refractivity contribution in [3.05, 3.63) is 29.8 Å². The number of amides is 1. The van der Waals surface area contributed by atoms with Gasteiger partial charge in [-0.15, -0.1) is 11.8 Å². The highest BCUT2D eigenvalue weighted by atomic mass is 32.2. The van der Waals surface area contributed by atoms with E-state index in [0.717, 1.165) is 4.90 Å². The summed E-state index contributed by atoms with van der Waals surface area (Å²) in [6.07, 6.45) is 1.94. The molecule has 1 aromatic rings. The summed E-state index contributed by atoms with van der Waals surface area (Å²) in [6, 6.07) is 7.44. The lowest BCUT2D eigenvalue weighted by Crippen LogP contribution is -2.52. The molecule has 1 aromatic carbocycles. The Hall–Kier alpha value is -1.07. The average molecular weight is 268 g/mol. The van der Waals surface area contributed by atoms with Gasteiger partial charge in [0.1, 0.15) is 0 Å². The maximum absolute atomic E-state index is 12.1. The van der Waals surface area contributed by atoms with E-state index >= 15 is 0 Å². The summed E-state index contributed by atoms with van der Waals surface area (Å²) in [4.78, 5) is 13.3. The molecule has 1 rings (SSSR count). The lowest BCUT2D eigenvalue weighted by Gasteiger charge is -2.25. The standard InChI is InChI=1S/C12H16N2OS2/c1-12(2,11(13)16)14-10(15)8-6-4-5-7-9(8)17-3/h4-7H,1-3H3,(H2,13,16)(H,14,15). The van der Waals surface area contributed by atoms with Crippen molar-refractivity contribution >= 4 is 34.9 Å². The van der Waals surface area contributed by atoms with Crippen LogP contribution in [0.4, 0.5) is 0 Å². The molecule has 92 valence electrons. The molecule has 0 heterocycles. The summed E-state index contributed by atoms with van der Waals surface area (Å²) in [6.45, 7) is 3.57. The fourth-order valence-corrected chi connectivity index (χ4v) is 1.89. The zero-order valence-corrected chi connectivity index (χ0v) is 11.7. The van der Waals surface area contributed by atoms with Crippen molar-refractivity contribution < 1.29 is 4.79 Å². The number of thioether (sulfide) groups is 1. The van der Waals surface area contributed by atoms with Crippen molar-refractivity contribution in [3.63, 3.8) is 0 Å². The molecule has 0 aliphatic heterocycles. The Bertz CT molecular complexity index is 444. The second kappa shape index (κ2) is 5.51. The van der Waals surface area contributed by atoms with Gasteiger partial charge < -0.3 is 11.1 Å². The normalized spacial score (nSPS) is 11.0. The molecule has 0 spiro atoms. The minimum absolute atomic E-state index is 0.159. The van der Waals surface area contributed by atoms with Crippen LogP contribution in [-0.4, -0.2) is 22.7 Å². The summed E-state index contributed by atoms with van der Waals surface area (Å²) >= 11 is 6.45. The van der Waals surface area contributed by atoms with Gasteiger partial charge in [-0.1, -0.05) is 24.4 Å². The number of carbonyl (C=O) groups is 1. The number of hydrogen-bond acceptors (Lipinski definition) is 3.